The van der Waals surface area contributed by atoms with Crippen LogP contribution in [0.3, 0.4) is 0 Å². The Bertz CT molecular complexity index is 742. The molecule has 2 fully saturated rings. The van der Waals surface area contributed by atoms with Gasteiger partial charge < -0.3 is 14.1 Å². The van der Waals surface area contributed by atoms with E-state index in [9.17, 15) is 4.79 Å². The number of likely N-dealkylation sites (tertiary alicyclic amines) is 1. The molecule has 1 aromatic carbocycles. The molecular formula is C22H28N2O3S. The van der Waals surface area contributed by atoms with E-state index < -0.39 is 0 Å². The van der Waals surface area contributed by atoms with Crippen LogP contribution < -0.4 is 4.74 Å². The first-order valence-corrected chi connectivity index (χ1v) is 11.3. The van der Waals surface area contributed by atoms with Gasteiger partial charge in [0.1, 0.15) is 5.75 Å². The largest absolute Gasteiger partial charge is 0.493 e. The van der Waals surface area contributed by atoms with Gasteiger partial charge >= 0.3 is 0 Å². The standard InChI is InChI=1S/C22H28N2O3S/c25-22(21-4-2-12-26-21)24-9-1-3-19(16-24)17-27-20-7-5-18(6-8-20)15-23-10-13-28-14-11-23/h2,4-8,12,19H,1,3,9-11,13-17H2/t19-/m0/s1. The summed E-state index contributed by atoms with van der Waals surface area (Å²) in [5.41, 5.74) is 1.34. The third-order valence-corrected chi connectivity index (χ3v) is 6.40. The monoisotopic (exact) mass is 400 g/mol. The van der Waals surface area contributed by atoms with Gasteiger partial charge in [0.2, 0.25) is 0 Å². The fourth-order valence-electron chi connectivity index (χ4n) is 3.86. The number of piperidine rings is 1. The van der Waals surface area contributed by atoms with Gasteiger partial charge in [0, 0.05) is 50.1 Å². The zero-order chi connectivity index (χ0) is 19.2. The number of furan rings is 1. The lowest BCUT2D eigenvalue weighted by molar-refractivity contribution is 0.0602. The molecule has 1 amide bonds. The number of nitrogens with zero attached hydrogens (tertiary/aromatic N) is 2. The van der Waals surface area contributed by atoms with Crippen LogP contribution in [0, 0.1) is 5.92 Å². The number of hydrogen-bond donors (Lipinski definition) is 0. The molecule has 2 aliphatic heterocycles. The van der Waals surface area contributed by atoms with Crippen LogP contribution in [0.4, 0.5) is 0 Å². The summed E-state index contributed by atoms with van der Waals surface area (Å²) in [6.07, 6.45) is 3.65. The number of rotatable bonds is 6. The number of benzene rings is 1. The van der Waals surface area contributed by atoms with Crippen LogP contribution in [0.15, 0.2) is 47.1 Å². The van der Waals surface area contributed by atoms with Gasteiger partial charge in [-0.25, -0.2) is 0 Å². The Hall–Kier alpha value is -1.92. The lowest BCUT2D eigenvalue weighted by Crippen LogP contribution is -2.41. The summed E-state index contributed by atoms with van der Waals surface area (Å²) < 4.78 is 11.3. The van der Waals surface area contributed by atoms with Crippen LogP contribution in [0.2, 0.25) is 0 Å². The first-order chi connectivity index (χ1) is 13.8. The van der Waals surface area contributed by atoms with E-state index in [0.717, 1.165) is 38.2 Å². The predicted molar refractivity (Wildman–Crippen MR) is 112 cm³/mol. The van der Waals surface area contributed by atoms with Crippen molar-refractivity contribution in [1.29, 1.82) is 0 Å². The molecule has 0 bridgehead atoms. The minimum atomic E-state index is -0.0184. The quantitative estimate of drug-likeness (QED) is 0.739. The minimum Gasteiger partial charge on any atom is -0.493 e. The van der Waals surface area contributed by atoms with Gasteiger partial charge in [0.05, 0.1) is 12.9 Å². The molecular weight excluding hydrogens is 372 g/mol. The molecule has 4 rings (SSSR count). The molecule has 150 valence electrons. The molecule has 2 saturated heterocycles. The number of amides is 1. The van der Waals surface area contributed by atoms with E-state index in [2.05, 4.69) is 29.2 Å². The van der Waals surface area contributed by atoms with Gasteiger partial charge in [0.25, 0.3) is 5.91 Å². The lowest BCUT2D eigenvalue weighted by Gasteiger charge is -2.32. The van der Waals surface area contributed by atoms with Crippen molar-refractivity contribution in [3.63, 3.8) is 0 Å². The Labute approximate surface area is 171 Å². The third kappa shape index (κ3) is 5.11. The number of carbonyl (C=O) groups excluding carboxylic acids is 1. The Balaban J connectivity index is 1.25. The lowest BCUT2D eigenvalue weighted by atomic mass is 9.98. The molecule has 3 heterocycles. The Morgan fingerprint density at radius 3 is 2.71 bits per heavy atom. The maximum Gasteiger partial charge on any atom is 0.289 e. The van der Waals surface area contributed by atoms with Crippen LogP contribution in [-0.2, 0) is 6.54 Å². The highest BCUT2D eigenvalue weighted by Crippen LogP contribution is 2.21. The SMILES string of the molecule is O=C(c1ccco1)N1CCC[C@H](COc2ccc(CN3CCSCC3)cc2)C1. The summed E-state index contributed by atoms with van der Waals surface area (Å²) in [7, 11) is 0. The van der Waals surface area contributed by atoms with Gasteiger partial charge in [-0.2, -0.15) is 11.8 Å². The van der Waals surface area contributed by atoms with Crippen LogP contribution in [0.25, 0.3) is 0 Å². The van der Waals surface area contributed by atoms with Crippen molar-refractivity contribution in [2.45, 2.75) is 19.4 Å². The normalized spacial score (nSPS) is 20.9. The number of carbonyl (C=O) groups is 1. The highest BCUT2D eigenvalue weighted by Gasteiger charge is 2.26. The van der Waals surface area contributed by atoms with E-state index in [4.69, 9.17) is 9.15 Å². The smallest absolute Gasteiger partial charge is 0.289 e. The highest BCUT2D eigenvalue weighted by atomic mass is 32.2. The first kappa shape index (κ1) is 19.4. The molecule has 28 heavy (non-hydrogen) atoms. The van der Waals surface area contributed by atoms with E-state index in [-0.39, 0.29) is 5.91 Å². The van der Waals surface area contributed by atoms with Gasteiger partial charge in [0.15, 0.2) is 5.76 Å². The van der Waals surface area contributed by atoms with Crippen LogP contribution >= 0.6 is 11.8 Å². The van der Waals surface area contributed by atoms with Crippen LogP contribution in [-0.4, -0.2) is 60.0 Å². The summed E-state index contributed by atoms with van der Waals surface area (Å²) in [6.45, 7) is 5.54. The van der Waals surface area contributed by atoms with Crippen molar-refractivity contribution >= 4 is 17.7 Å². The van der Waals surface area contributed by atoms with Crippen molar-refractivity contribution in [2.24, 2.45) is 5.92 Å². The van der Waals surface area contributed by atoms with E-state index in [1.54, 1.807) is 18.4 Å². The number of ether oxygens (including phenoxy) is 1. The van der Waals surface area contributed by atoms with Gasteiger partial charge in [-0.15, -0.1) is 0 Å². The average molecular weight is 401 g/mol. The molecule has 2 aliphatic rings. The summed E-state index contributed by atoms with van der Waals surface area (Å²) in [5.74, 6) is 4.15. The van der Waals surface area contributed by atoms with E-state index in [0.29, 0.717) is 18.3 Å². The van der Waals surface area contributed by atoms with Crippen molar-refractivity contribution < 1.29 is 13.9 Å². The first-order valence-electron chi connectivity index (χ1n) is 10.1. The highest BCUT2D eigenvalue weighted by molar-refractivity contribution is 7.99. The minimum absolute atomic E-state index is 0.0184. The second-order valence-electron chi connectivity index (χ2n) is 7.58. The van der Waals surface area contributed by atoms with E-state index >= 15 is 0 Å². The average Bonchev–Trinajstić information content (AvgIpc) is 3.29. The van der Waals surface area contributed by atoms with E-state index in [1.807, 2.05) is 16.7 Å². The molecule has 0 unspecified atom stereocenters. The van der Waals surface area contributed by atoms with E-state index in [1.165, 1.54) is 30.2 Å². The third-order valence-electron chi connectivity index (χ3n) is 5.46. The summed E-state index contributed by atoms with van der Waals surface area (Å²) >= 11 is 2.04. The molecule has 6 heteroatoms. The molecule has 1 aromatic heterocycles. The molecule has 0 N–H and O–H groups in total. The van der Waals surface area contributed by atoms with Crippen LogP contribution in [0.5, 0.6) is 5.75 Å². The molecule has 0 radical (unpaired) electrons. The molecule has 5 nitrogen and oxygen atoms in total. The maximum absolute atomic E-state index is 12.5. The van der Waals surface area contributed by atoms with Crippen molar-refractivity contribution in [1.82, 2.24) is 9.80 Å². The van der Waals surface area contributed by atoms with Crippen molar-refractivity contribution in [3.8, 4) is 5.75 Å². The zero-order valence-corrected chi connectivity index (χ0v) is 17.0. The summed E-state index contributed by atoms with van der Waals surface area (Å²) in [5, 5.41) is 0. The Kier molecular flexibility index (Phi) is 6.60. The molecule has 1 atom stereocenters. The summed E-state index contributed by atoms with van der Waals surface area (Å²) in [6, 6.07) is 12.0. The zero-order valence-electron chi connectivity index (χ0n) is 16.2. The second kappa shape index (κ2) is 9.52. The fraction of sp³-hybridized carbons (Fsp3) is 0.500. The van der Waals surface area contributed by atoms with Gasteiger partial charge in [-0.3, -0.25) is 9.69 Å². The number of hydrogen-bond acceptors (Lipinski definition) is 5. The Morgan fingerprint density at radius 2 is 1.96 bits per heavy atom. The second-order valence-corrected chi connectivity index (χ2v) is 8.80. The van der Waals surface area contributed by atoms with Gasteiger partial charge in [-0.05, 0) is 42.7 Å². The molecule has 0 aliphatic carbocycles. The van der Waals surface area contributed by atoms with Crippen molar-refractivity contribution in [2.75, 3.05) is 44.3 Å². The topological polar surface area (TPSA) is 45.9 Å². The fourth-order valence-corrected chi connectivity index (χ4v) is 4.84. The number of thioether (sulfide) groups is 1. The molecule has 0 spiro atoms. The molecule has 2 aromatic rings. The Morgan fingerprint density at radius 1 is 1.14 bits per heavy atom. The van der Waals surface area contributed by atoms with Crippen LogP contribution in [0.1, 0.15) is 29.0 Å². The summed E-state index contributed by atoms with van der Waals surface area (Å²) in [4.78, 5) is 16.9. The molecule has 0 saturated carbocycles. The maximum atomic E-state index is 12.5. The predicted octanol–water partition coefficient (Wildman–Crippen LogP) is 3.76. The van der Waals surface area contributed by atoms with Gasteiger partial charge in [-0.1, -0.05) is 12.1 Å². The van der Waals surface area contributed by atoms with Crippen molar-refractivity contribution in [3.05, 3.63) is 54.0 Å².